The molecule has 1 atom stereocenters. The van der Waals surface area contributed by atoms with Crippen LogP contribution in [0.25, 0.3) is 0 Å². The van der Waals surface area contributed by atoms with E-state index in [2.05, 4.69) is 58.7 Å². The number of hydrogen-bond acceptors (Lipinski definition) is 4. The molecule has 0 aromatic heterocycles. The lowest BCUT2D eigenvalue weighted by molar-refractivity contribution is -0.192. The normalized spacial score (nSPS) is 20.7. The SMILES string of the molecule is NCc1cccc2c1C1(CCN(Cc3ccccc3)C1)CN2.O=C(O)C(F)(F)F. The van der Waals surface area contributed by atoms with Gasteiger partial charge in [-0.15, -0.1) is 0 Å². The minimum atomic E-state index is -5.08. The Bertz CT molecular complexity index is 858. The maximum absolute atomic E-state index is 10.6. The van der Waals surface area contributed by atoms with Gasteiger partial charge in [0.05, 0.1) is 0 Å². The number of alkyl halides is 3. The van der Waals surface area contributed by atoms with Crippen molar-refractivity contribution in [3.63, 3.8) is 0 Å². The first-order valence-corrected chi connectivity index (χ1v) is 9.38. The van der Waals surface area contributed by atoms with Gasteiger partial charge in [0.1, 0.15) is 0 Å². The summed E-state index contributed by atoms with van der Waals surface area (Å²) in [6.45, 7) is 5.01. The molecule has 1 fully saturated rings. The Morgan fingerprint density at radius 1 is 1.17 bits per heavy atom. The number of likely N-dealkylation sites (tertiary alicyclic amines) is 1. The molecule has 2 heterocycles. The smallest absolute Gasteiger partial charge is 0.475 e. The molecule has 0 radical (unpaired) electrons. The van der Waals surface area contributed by atoms with Crippen LogP contribution in [0.1, 0.15) is 23.1 Å². The van der Waals surface area contributed by atoms with Gasteiger partial charge < -0.3 is 16.2 Å². The van der Waals surface area contributed by atoms with Crippen molar-refractivity contribution >= 4 is 11.7 Å². The summed E-state index contributed by atoms with van der Waals surface area (Å²) >= 11 is 0. The van der Waals surface area contributed by atoms with Gasteiger partial charge in [-0.05, 0) is 35.7 Å². The average molecular weight is 407 g/mol. The van der Waals surface area contributed by atoms with Crippen LogP contribution in [0.15, 0.2) is 48.5 Å². The Hall–Kier alpha value is -2.58. The molecule has 1 spiro atoms. The number of halogens is 3. The van der Waals surface area contributed by atoms with Crippen LogP contribution < -0.4 is 11.1 Å². The largest absolute Gasteiger partial charge is 0.490 e. The molecular formula is C21H24F3N3O2. The molecule has 2 aliphatic rings. The van der Waals surface area contributed by atoms with E-state index in [0.717, 1.165) is 26.2 Å². The maximum atomic E-state index is 10.6. The van der Waals surface area contributed by atoms with Gasteiger partial charge in [-0.2, -0.15) is 13.2 Å². The van der Waals surface area contributed by atoms with Gasteiger partial charge in [0.15, 0.2) is 0 Å². The fourth-order valence-corrected chi connectivity index (χ4v) is 4.18. The lowest BCUT2D eigenvalue weighted by Gasteiger charge is -2.26. The molecule has 2 aliphatic heterocycles. The summed E-state index contributed by atoms with van der Waals surface area (Å²) < 4.78 is 31.7. The highest BCUT2D eigenvalue weighted by molar-refractivity contribution is 5.73. The quantitative estimate of drug-likeness (QED) is 0.727. The molecule has 4 rings (SSSR count). The molecule has 4 N–H and O–H groups in total. The minimum absolute atomic E-state index is 0.250. The molecule has 8 heteroatoms. The van der Waals surface area contributed by atoms with Crippen molar-refractivity contribution in [3.8, 4) is 0 Å². The standard InChI is InChI=1S/C19H23N3.C2HF3O2/c20-11-16-7-4-8-17-18(16)19(13-21-17)9-10-22(14-19)12-15-5-2-1-3-6-15;3-2(4,5)1(6)7/h1-8,21H,9-14,20H2;(H,6,7). The Morgan fingerprint density at radius 2 is 1.86 bits per heavy atom. The summed E-state index contributed by atoms with van der Waals surface area (Å²) in [7, 11) is 0. The summed E-state index contributed by atoms with van der Waals surface area (Å²) in [5.41, 5.74) is 11.7. The second-order valence-corrected chi connectivity index (χ2v) is 7.43. The van der Waals surface area contributed by atoms with Crippen LogP contribution in [0.4, 0.5) is 18.9 Å². The summed E-state index contributed by atoms with van der Waals surface area (Å²) in [4.78, 5) is 11.5. The highest BCUT2D eigenvalue weighted by Gasteiger charge is 2.45. The van der Waals surface area contributed by atoms with E-state index < -0.39 is 12.1 Å². The van der Waals surface area contributed by atoms with Gasteiger partial charge in [0, 0.05) is 37.3 Å². The summed E-state index contributed by atoms with van der Waals surface area (Å²) in [5.74, 6) is -2.76. The fourth-order valence-electron chi connectivity index (χ4n) is 4.18. The summed E-state index contributed by atoms with van der Waals surface area (Å²) in [5, 5.41) is 10.7. The van der Waals surface area contributed by atoms with Crippen LogP contribution in [0.5, 0.6) is 0 Å². The first-order chi connectivity index (χ1) is 13.7. The number of nitrogens with two attached hydrogens (primary N) is 1. The van der Waals surface area contributed by atoms with E-state index >= 15 is 0 Å². The van der Waals surface area contributed by atoms with Gasteiger partial charge in [0.2, 0.25) is 0 Å². The van der Waals surface area contributed by atoms with Crippen LogP contribution in [0, 0.1) is 0 Å². The zero-order chi connectivity index (χ0) is 21.1. The number of nitrogens with one attached hydrogen (secondary N) is 1. The second kappa shape index (κ2) is 8.42. The van der Waals surface area contributed by atoms with Gasteiger partial charge >= 0.3 is 12.1 Å². The molecule has 1 unspecified atom stereocenters. The molecule has 0 amide bonds. The van der Waals surface area contributed by atoms with E-state index in [1.807, 2.05) is 0 Å². The van der Waals surface area contributed by atoms with E-state index in [1.165, 1.54) is 28.8 Å². The third kappa shape index (κ3) is 4.71. The number of carboxylic acids is 1. The number of aliphatic carboxylic acids is 1. The van der Waals surface area contributed by atoms with Gasteiger partial charge in [-0.1, -0.05) is 42.5 Å². The molecule has 156 valence electrons. The Balaban J connectivity index is 0.000000298. The molecule has 2 aromatic rings. The number of carbonyl (C=O) groups is 1. The zero-order valence-corrected chi connectivity index (χ0v) is 15.9. The van der Waals surface area contributed by atoms with Gasteiger partial charge in [-0.25, -0.2) is 4.79 Å². The molecular weight excluding hydrogens is 383 g/mol. The predicted octanol–water partition coefficient (Wildman–Crippen LogP) is 3.35. The summed E-state index contributed by atoms with van der Waals surface area (Å²) in [6, 6.07) is 17.3. The third-order valence-corrected chi connectivity index (χ3v) is 5.44. The van der Waals surface area contributed by atoms with Gasteiger partial charge in [-0.3, -0.25) is 4.90 Å². The fraction of sp³-hybridized carbons (Fsp3) is 0.381. The molecule has 29 heavy (non-hydrogen) atoms. The van der Waals surface area contributed by atoms with E-state index in [4.69, 9.17) is 15.6 Å². The maximum Gasteiger partial charge on any atom is 0.490 e. The van der Waals surface area contributed by atoms with Crippen LogP contribution in [0.3, 0.4) is 0 Å². The van der Waals surface area contributed by atoms with Crippen LogP contribution >= 0.6 is 0 Å². The summed E-state index contributed by atoms with van der Waals surface area (Å²) in [6.07, 6.45) is -3.86. The number of rotatable bonds is 3. The topological polar surface area (TPSA) is 78.6 Å². The molecule has 0 aliphatic carbocycles. The van der Waals surface area contributed by atoms with E-state index in [1.54, 1.807) is 0 Å². The van der Waals surface area contributed by atoms with Crippen molar-refractivity contribution in [2.45, 2.75) is 31.1 Å². The highest BCUT2D eigenvalue weighted by Crippen LogP contribution is 2.45. The van der Waals surface area contributed by atoms with Crippen molar-refractivity contribution < 1.29 is 23.1 Å². The molecule has 5 nitrogen and oxygen atoms in total. The Labute approximate surface area is 167 Å². The van der Waals surface area contributed by atoms with E-state index in [9.17, 15) is 13.2 Å². The van der Waals surface area contributed by atoms with E-state index in [0.29, 0.717) is 6.54 Å². The predicted molar refractivity (Wildman–Crippen MR) is 105 cm³/mol. The van der Waals surface area contributed by atoms with Crippen molar-refractivity contribution in [2.75, 3.05) is 25.0 Å². The minimum Gasteiger partial charge on any atom is -0.475 e. The van der Waals surface area contributed by atoms with E-state index in [-0.39, 0.29) is 5.41 Å². The first kappa shape index (κ1) is 21.1. The third-order valence-electron chi connectivity index (χ3n) is 5.44. The number of nitrogens with zero attached hydrogens (tertiary/aromatic N) is 1. The second-order valence-electron chi connectivity index (χ2n) is 7.43. The number of fused-ring (bicyclic) bond motifs is 2. The van der Waals surface area contributed by atoms with Crippen LogP contribution in [0.2, 0.25) is 0 Å². The number of carboxylic acid groups (broad SMARTS) is 1. The molecule has 0 bridgehead atoms. The van der Waals surface area contributed by atoms with Crippen molar-refractivity contribution in [1.29, 1.82) is 0 Å². The Kier molecular flexibility index (Phi) is 6.14. The van der Waals surface area contributed by atoms with Crippen molar-refractivity contribution in [1.82, 2.24) is 4.90 Å². The van der Waals surface area contributed by atoms with Gasteiger partial charge in [0.25, 0.3) is 0 Å². The van der Waals surface area contributed by atoms with Crippen molar-refractivity contribution in [2.24, 2.45) is 5.73 Å². The average Bonchev–Trinajstić information content (AvgIpc) is 3.27. The highest BCUT2D eigenvalue weighted by atomic mass is 19.4. The Morgan fingerprint density at radius 3 is 2.48 bits per heavy atom. The monoisotopic (exact) mass is 407 g/mol. The van der Waals surface area contributed by atoms with Crippen LogP contribution in [-0.4, -0.2) is 41.8 Å². The lowest BCUT2D eigenvalue weighted by Crippen LogP contribution is -2.33. The number of anilines is 1. The number of hydrogen-bond donors (Lipinski definition) is 3. The molecule has 1 saturated heterocycles. The zero-order valence-electron chi connectivity index (χ0n) is 15.9. The first-order valence-electron chi connectivity index (χ1n) is 9.38. The number of benzene rings is 2. The lowest BCUT2D eigenvalue weighted by atomic mass is 9.79. The molecule has 0 saturated carbocycles. The molecule has 2 aromatic carbocycles. The van der Waals surface area contributed by atoms with Crippen molar-refractivity contribution in [3.05, 3.63) is 65.2 Å². The van der Waals surface area contributed by atoms with Crippen LogP contribution in [-0.2, 0) is 23.3 Å².